The van der Waals surface area contributed by atoms with Crippen molar-refractivity contribution in [1.82, 2.24) is 9.80 Å². The number of nitrogens with zero attached hydrogens (tertiary/aromatic N) is 2. The van der Waals surface area contributed by atoms with E-state index in [2.05, 4.69) is 22.9 Å². The summed E-state index contributed by atoms with van der Waals surface area (Å²) < 4.78 is 5.83. The normalized spacial score (nSPS) is 28.6. The topological polar surface area (TPSA) is 45.6 Å². The van der Waals surface area contributed by atoms with Gasteiger partial charge in [0.2, 0.25) is 0 Å². The number of aryl methyl sites for hydroxylation is 1. The van der Waals surface area contributed by atoms with Gasteiger partial charge in [0.1, 0.15) is 11.5 Å². The highest BCUT2D eigenvalue weighted by Crippen LogP contribution is 2.30. The first-order chi connectivity index (χ1) is 9.67. The largest absolute Gasteiger partial charge is 0.465 e. The average molecular weight is 277 g/mol. The predicted molar refractivity (Wildman–Crippen MR) is 80.4 cm³/mol. The maximum absolute atomic E-state index is 5.83. The third-order valence-corrected chi connectivity index (χ3v) is 5.10. The Morgan fingerprint density at radius 3 is 2.95 bits per heavy atom. The predicted octanol–water partition coefficient (Wildman–Crippen LogP) is 1.96. The second-order valence-corrected chi connectivity index (χ2v) is 6.47. The molecule has 1 aromatic rings. The monoisotopic (exact) mass is 277 g/mol. The van der Waals surface area contributed by atoms with E-state index in [4.69, 9.17) is 10.2 Å². The summed E-state index contributed by atoms with van der Waals surface area (Å²) in [5, 5.41) is 0. The molecule has 0 aromatic carbocycles. The van der Waals surface area contributed by atoms with Crippen LogP contribution < -0.4 is 5.73 Å². The van der Waals surface area contributed by atoms with Crippen molar-refractivity contribution < 1.29 is 4.42 Å². The molecule has 0 spiro atoms. The summed E-state index contributed by atoms with van der Waals surface area (Å²) in [6.45, 7) is 7.20. The quantitative estimate of drug-likeness (QED) is 0.917. The van der Waals surface area contributed by atoms with Crippen LogP contribution >= 0.6 is 0 Å². The van der Waals surface area contributed by atoms with Crippen molar-refractivity contribution in [1.29, 1.82) is 0 Å². The van der Waals surface area contributed by atoms with Crippen molar-refractivity contribution in [3.8, 4) is 0 Å². The maximum atomic E-state index is 5.83. The number of fused-ring (bicyclic) bond motifs is 1. The van der Waals surface area contributed by atoms with E-state index in [1.807, 2.05) is 6.92 Å². The van der Waals surface area contributed by atoms with Gasteiger partial charge in [-0.1, -0.05) is 0 Å². The van der Waals surface area contributed by atoms with E-state index in [-0.39, 0.29) is 0 Å². The first kappa shape index (κ1) is 14.1. The number of nitrogens with two attached hydrogens (primary N) is 1. The van der Waals surface area contributed by atoms with E-state index < -0.39 is 0 Å². The lowest BCUT2D eigenvalue weighted by Crippen LogP contribution is -2.52. The molecule has 0 radical (unpaired) electrons. The molecule has 0 aliphatic carbocycles. The zero-order valence-electron chi connectivity index (χ0n) is 12.8. The molecule has 2 fully saturated rings. The first-order valence-corrected chi connectivity index (χ1v) is 7.88. The molecule has 4 nitrogen and oxygen atoms in total. The van der Waals surface area contributed by atoms with Crippen molar-refractivity contribution in [2.75, 3.05) is 26.7 Å². The average Bonchev–Trinajstić information content (AvgIpc) is 2.79. The zero-order valence-corrected chi connectivity index (χ0v) is 12.8. The van der Waals surface area contributed by atoms with Crippen LogP contribution in [0, 0.1) is 12.8 Å². The second-order valence-electron chi connectivity index (χ2n) is 6.47. The maximum Gasteiger partial charge on any atom is 0.118 e. The van der Waals surface area contributed by atoms with Gasteiger partial charge in [-0.25, -0.2) is 0 Å². The van der Waals surface area contributed by atoms with Crippen molar-refractivity contribution in [2.24, 2.45) is 11.7 Å². The van der Waals surface area contributed by atoms with Gasteiger partial charge in [-0.2, -0.15) is 0 Å². The lowest BCUT2D eigenvalue weighted by Gasteiger charge is -2.45. The molecule has 0 bridgehead atoms. The van der Waals surface area contributed by atoms with E-state index in [1.54, 1.807) is 0 Å². The lowest BCUT2D eigenvalue weighted by molar-refractivity contribution is 0.0329. The Bertz CT molecular complexity index is 457. The number of furan rings is 1. The number of piperidine rings is 2. The Labute approximate surface area is 121 Å². The highest BCUT2D eigenvalue weighted by Gasteiger charge is 2.34. The van der Waals surface area contributed by atoms with Crippen molar-refractivity contribution in [3.63, 3.8) is 0 Å². The van der Waals surface area contributed by atoms with E-state index in [0.29, 0.717) is 6.54 Å². The molecule has 3 heterocycles. The summed E-state index contributed by atoms with van der Waals surface area (Å²) in [7, 11) is 2.29. The summed E-state index contributed by atoms with van der Waals surface area (Å²) in [6.07, 6.45) is 4.03. The summed E-state index contributed by atoms with van der Waals surface area (Å²) in [5.41, 5.74) is 6.87. The Kier molecular flexibility index (Phi) is 4.15. The molecule has 2 unspecified atom stereocenters. The van der Waals surface area contributed by atoms with Gasteiger partial charge in [-0.3, -0.25) is 4.90 Å². The molecule has 112 valence electrons. The smallest absolute Gasteiger partial charge is 0.118 e. The molecule has 4 heteroatoms. The van der Waals surface area contributed by atoms with E-state index in [0.717, 1.165) is 35.6 Å². The van der Waals surface area contributed by atoms with Gasteiger partial charge in [0.25, 0.3) is 0 Å². The fraction of sp³-hybridized carbons (Fsp3) is 0.750. The molecule has 20 heavy (non-hydrogen) atoms. The van der Waals surface area contributed by atoms with Crippen LogP contribution in [-0.4, -0.2) is 42.5 Å². The van der Waals surface area contributed by atoms with Crippen LogP contribution in [0.4, 0.5) is 0 Å². The number of likely N-dealkylation sites (tertiary alicyclic amines) is 2. The minimum absolute atomic E-state index is 0.574. The molecule has 2 saturated heterocycles. The summed E-state index contributed by atoms with van der Waals surface area (Å²) >= 11 is 0. The molecular weight excluding hydrogens is 250 g/mol. The molecule has 2 N–H and O–H groups in total. The van der Waals surface area contributed by atoms with Gasteiger partial charge >= 0.3 is 0 Å². The highest BCUT2D eigenvalue weighted by atomic mass is 16.3. The molecule has 3 rings (SSSR count). The Hall–Kier alpha value is -0.840. The Morgan fingerprint density at radius 1 is 1.35 bits per heavy atom. The molecule has 0 amide bonds. The second kappa shape index (κ2) is 5.88. The lowest BCUT2D eigenvalue weighted by atomic mass is 9.84. The van der Waals surface area contributed by atoms with E-state index in [9.17, 15) is 0 Å². The number of rotatable bonds is 3. The van der Waals surface area contributed by atoms with Crippen molar-refractivity contribution in [2.45, 2.75) is 45.3 Å². The standard InChI is InChI=1S/C16H27N3O/c1-12-14(9-17)8-15(20-12)11-19-7-5-16-13(10-19)4-3-6-18(16)2/h8,13,16H,3-7,9-11,17H2,1-2H3. The highest BCUT2D eigenvalue weighted by molar-refractivity contribution is 5.20. The van der Waals surface area contributed by atoms with Crippen LogP contribution in [0.25, 0.3) is 0 Å². The number of hydrogen-bond donors (Lipinski definition) is 1. The third-order valence-electron chi connectivity index (χ3n) is 5.10. The van der Waals surface area contributed by atoms with Crippen molar-refractivity contribution >= 4 is 0 Å². The Balaban J connectivity index is 1.61. The zero-order chi connectivity index (χ0) is 14.1. The summed E-state index contributed by atoms with van der Waals surface area (Å²) in [4.78, 5) is 5.12. The molecule has 2 aliphatic rings. The van der Waals surface area contributed by atoms with Crippen LogP contribution in [0.3, 0.4) is 0 Å². The summed E-state index contributed by atoms with van der Waals surface area (Å²) in [6, 6.07) is 2.94. The van der Waals surface area contributed by atoms with Crippen LogP contribution in [0.5, 0.6) is 0 Å². The minimum Gasteiger partial charge on any atom is -0.465 e. The fourth-order valence-corrected chi connectivity index (χ4v) is 3.96. The molecule has 2 aliphatic heterocycles. The number of hydrogen-bond acceptors (Lipinski definition) is 4. The molecule has 1 aromatic heterocycles. The van der Waals surface area contributed by atoms with Gasteiger partial charge in [-0.15, -0.1) is 0 Å². The van der Waals surface area contributed by atoms with Crippen LogP contribution in [0.1, 0.15) is 36.3 Å². The van der Waals surface area contributed by atoms with Crippen LogP contribution in [-0.2, 0) is 13.1 Å². The van der Waals surface area contributed by atoms with Crippen molar-refractivity contribution in [3.05, 3.63) is 23.2 Å². The summed E-state index contributed by atoms with van der Waals surface area (Å²) in [5.74, 6) is 2.90. The SMILES string of the molecule is Cc1oc(CN2CCC3C(CCCN3C)C2)cc1CN. The fourth-order valence-electron chi connectivity index (χ4n) is 3.96. The van der Waals surface area contributed by atoms with Gasteiger partial charge in [0.05, 0.1) is 6.54 Å². The van der Waals surface area contributed by atoms with Gasteiger partial charge in [-0.05, 0) is 51.8 Å². The minimum atomic E-state index is 0.574. The Morgan fingerprint density at radius 2 is 2.20 bits per heavy atom. The van der Waals surface area contributed by atoms with E-state index in [1.165, 1.54) is 38.9 Å². The van der Waals surface area contributed by atoms with E-state index >= 15 is 0 Å². The first-order valence-electron chi connectivity index (χ1n) is 7.88. The molecular formula is C16H27N3O. The third kappa shape index (κ3) is 2.78. The molecule has 0 saturated carbocycles. The van der Waals surface area contributed by atoms with Gasteiger partial charge in [0, 0.05) is 31.2 Å². The van der Waals surface area contributed by atoms with Gasteiger partial charge in [0.15, 0.2) is 0 Å². The van der Waals surface area contributed by atoms with Crippen LogP contribution in [0.2, 0.25) is 0 Å². The van der Waals surface area contributed by atoms with Crippen LogP contribution in [0.15, 0.2) is 10.5 Å². The molecule has 2 atom stereocenters. The van der Waals surface area contributed by atoms with Gasteiger partial charge < -0.3 is 15.1 Å².